The number of nitrogens with one attached hydrogen (secondary N) is 1. The zero-order valence-corrected chi connectivity index (χ0v) is 14.5. The van der Waals surface area contributed by atoms with Crippen molar-refractivity contribution in [1.29, 1.82) is 0 Å². The summed E-state index contributed by atoms with van der Waals surface area (Å²) in [7, 11) is 1.38. The highest BCUT2D eigenvalue weighted by molar-refractivity contribution is 7.90. The monoisotopic (exact) mass is 324 g/mol. The SMILES string of the molecule is COC(=O)C[C@@]1(N[S+]([O-])C(C)(C)C)CCCc2ccncc21. The molecule has 0 fully saturated rings. The number of aromatic nitrogens is 1. The van der Waals surface area contributed by atoms with E-state index in [1.165, 1.54) is 7.11 Å². The molecule has 1 N–H and O–H groups in total. The predicted octanol–water partition coefficient (Wildman–Crippen LogP) is 2.23. The fraction of sp³-hybridized carbons (Fsp3) is 0.625. The third-order valence-corrected chi connectivity index (χ3v) is 5.68. The van der Waals surface area contributed by atoms with Crippen molar-refractivity contribution in [3.05, 3.63) is 29.6 Å². The number of esters is 1. The Balaban J connectivity index is 2.41. The molecule has 22 heavy (non-hydrogen) atoms. The van der Waals surface area contributed by atoms with E-state index in [2.05, 4.69) is 9.71 Å². The molecule has 0 saturated heterocycles. The Bertz CT molecular complexity index is 544. The van der Waals surface area contributed by atoms with Crippen LogP contribution in [0.15, 0.2) is 18.5 Å². The van der Waals surface area contributed by atoms with E-state index >= 15 is 0 Å². The van der Waals surface area contributed by atoms with Crippen LogP contribution in [0.4, 0.5) is 0 Å². The average Bonchev–Trinajstić information content (AvgIpc) is 2.46. The fourth-order valence-corrected chi connectivity index (χ4v) is 3.71. The molecule has 0 spiro atoms. The molecule has 0 aliphatic heterocycles. The number of carbonyl (C=O) groups is 1. The molecule has 0 saturated carbocycles. The number of hydrogen-bond donors (Lipinski definition) is 1. The van der Waals surface area contributed by atoms with Crippen LogP contribution < -0.4 is 4.72 Å². The van der Waals surface area contributed by atoms with Crippen LogP contribution in [0.25, 0.3) is 0 Å². The molecule has 1 unspecified atom stereocenters. The van der Waals surface area contributed by atoms with Gasteiger partial charge in [-0.05, 0) is 57.2 Å². The summed E-state index contributed by atoms with van der Waals surface area (Å²) in [6, 6.07) is 1.97. The molecular formula is C16H24N2O3S. The molecule has 122 valence electrons. The van der Waals surface area contributed by atoms with E-state index in [9.17, 15) is 9.35 Å². The highest BCUT2D eigenvalue weighted by atomic mass is 32.2. The largest absolute Gasteiger partial charge is 0.598 e. The highest BCUT2D eigenvalue weighted by Gasteiger charge is 2.45. The van der Waals surface area contributed by atoms with E-state index in [0.29, 0.717) is 0 Å². The lowest BCUT2D eigenvalue weighted by atomic mass is 9.76. The Morgan fingerprint density at radius 1 is 1.55 bits per heavy atom. The zero-order chi connectivity index (χ0) is 16.4. The summed E-state index contributed by atoms with van der Waals surface area (Å²) >= 11 is -1.29. The first-order chi connectivity index (χ1) is 10.3. The number of carbonyl (C=O) groups excluding carboxylic acids is 1. The number of ether oxygens (including phenoxy) is 1. The average molecular weight is 324 g/mol. The Morgan fingerprint density at radius 2 is 2.27 bits per heavy atom. The Hall–Kier alpha value is -1.11. The first kappa shape index (κ1) is 17.2. The maximum atomic E-state index is 12.6. The van der Waals surface area contributed by atoms with Gasteiger partial charge in [-0.25, -0.2) is 0 Å². The Morgan fingerprint density at radius 3 is 2.91 bits per heavy atom. The molecule has 1 aliphatic rings. The molecule has 1 heterocycles. The van der Waals surface area contributed by atoms with E-state index in [-0.39, 0.29) is 12.4 Å². The van der Waals surface area contributed by atoms with Crippen molar-refractivity contribution in [2.24, 2.45) is 0 Å². The summed E-state index contributed by atoms with van der Waals surface area (Å²) in [6.45, 7) is 5.73. The quantitative estimate of drug-likeness (QED) is 0.679. The summed E-state index contributed by atoms with van der Waals surface area (Å²) in [4.78, 5) is 16.1. The first-order valence-electron chi connectivity index (χ1n) is 7.48. The fourth-order valence-electron chi connectivity index (χ4n) is 2.76. The lowest BCUT2D eigenvalue weighted by Gasteiger charge is -2.40. The molecule has 0 aromatic carbocycles. The summed E-state index contributed by atoms with van der Waals surface area (Å²) in [5, 5.41) is 0. The van der Waals surface area contributed by atoms with Crippen LogP contribution in [0.2, 0.25) is 0 Å². The minimum Gasteiger partial charge on any atom is -0.598 e. The third-order valence-electron chi connectivity index (χ3n) is 3.99. The second-order valence-corrected chi connectivity index (χ2v) is 8.67. The number of methoxy groups -OCH3 is 1. The van der Waals surface area contributed by atoms with Crippen molar-refractivity contribution in [1.82, 2.24) is 9.71 Å². The molecule has 1 aliphatic carbocycles. The molecule has 0 bridgehead atoms. The number of hydrogen-bond acceptors (Lipinski definition) is 5. The Kier molecular flexibility index (Phi) is 5.14. The molecule has 1 aromatic heterocycles. The number of fused-ring (bicyclic) bond motifs is 1. The topological polar surface area (TPSA) is 74.3 Å². The first-order valence-corrected chi connectivity index (χ1v) is 8.63. The summed E-state index contributed by atoms with van der Waals surface area (Å²) in [5.41, 5.74) is 1.44. The van der Waals surface area contributed by atoms with E-state index in [0.717, 1.165) is 30.4 Å². The van der Waals surface area contributed by atoms with Crippen LogP contribution in [-0.2, 0) is 32.9 Å². The van der Waals surface area contributed by atoms with Crippen LogP contribution in [-0.4, -0.2) is 27.4 Å². The molecule has 6 heteroatoms. The van der Waals surface area contributed by atoms with E-state index in [4.69, 9.17) is 4.74 Å². The van der Waals surface area contributed by atoms with Gasteiger partial charge in [0.25, 0.3) is 0 Å². The maximum absolute atomic E-state index is 12.6. The maximum Gasteiger partial charge on any atom is 0.307 e. The zero-order valence-electron chi connectivity index (χ0n) is 13.6. The lowest BCUT2D eigenvalue weighted by Crippen LogP contribution is -2.53. The van der Waals surface area contributed by atoms with Gasteiger partial charge < -0.3 is 9.29 Å². The van der Waals surface area contributed by atoms with Gasteiger partial charge in [0.15, 0.2) is 0 Å². The lowest BCUT2D eigenvalue weighted by molar-refractivity contribution is -0.142. The van der Waals surface area contributed by atoms with Gasteiger partial charge in [-0.1, -0.05) is 0 Å². The van der Waals surface area contributed by atoms with E-state index in [1.807, 2.05) is 26.8 Å². The van der Waals surface area contributed by atoms with Gasteiger partial charge in [0.2, 0.25) is 0 Å². The summed E-state index contributed by atoms with van der Waals surface area (Å²) in [5.74, 6) is -0.310. The number of nitrogens with zero attached hydrogens (tertiary/aromatic N) is 1. The minimum atomic E-state index is -1.29. The molecule has 0 amide bonds. The molecule has 2 atom stereocenters. The number of pyridine rings is 1. The molecule has 2 rings (SSSR count). The molecule has 5 nitrogen and oxygen atoms in total. The van der Waals surface area contributed by atoms with Crippen LogP contribution in [0, 0.1) is 0 Å². The van der Waals surface area contributed by atoms with E-state index < -0.39 is 21.6 Å². The smallest absolute Gasteiger partial charge is 0.307 e. The second kappa shape index (κ2) is 6.56. The van der Waals surface area contributed by atoms with Gasteiger partial charge in [0.1, 0.15) is 10.3 Å². The van der Waals surface area contributed by atoms with Gasteiger partial charge in [-0.2, -0.15) is 0 Å². The highest BCUT2D eigenvalue weighted by Crippen LogP contribution is 2.39. The van der Waals surface area contributed by atoms with Gasteiger partial charge in [0.05, 0.1) is 13.5 Å². The van der Waals surface area contributed by atoms with Gasteiger partial charge in [0, 0.05) is 23.8 Å². The standard InChI is InChI=1S/C16H24N2O3S/c1-15(2,3)22(20)18-16(10-14(19)21-4)8-5-6-12-7-9-17-11-13(12)16/h7,9,11,18H,5-6,8,10H2,1-4H3/t16-,22?/m0/s1. The van der Waals surface area contributed by atoms with Crippen molar-refractivity contribution in [3.63, 3.8) is 0 Å². The van der Waals surface area contributed by atoms with Crippen molar-refractivity contribution in [3.8, 4) is 0 Å². The van der Waals surface area contributed by atoms with Crippen molar-refractivity contribution in [2.45, 2.75) is 56.7 Å². The van der Waals surface area contributed by atoms with Gasteiger partial charge >= 0.3 is 5.97 Å². The summed E-state index contributed by atoms with van der Waals surface area (Å²) < 4.78 is 20.3. The van der Waals surface area contributed by atoms with Crippen molar-refractivity contribution < 1.29 is 14.1 Å². The van der Waals surface area contributed by atoms with Crippen LogP contribution in [0.3, 0.4) is 0 Å². The number of aryl methyl sites for hydroxylation is 1. The predicted molar refractivity (Wildman–Crippen MR) is 86.5 cm³/mol. The molecule has 1 aromatic rings. The van der Waals surface area contributed by atoms with Crippen molar-refractivity contribution in [2.75, 3.05) is 7.11 Å². The van der Waals surface area contributed by atoms with Crippen LogP contribution in [0.1, 0.15) is 51.2 Å². The van der Waals surface area contributed by atoms with Crippen molar-refractivity contribution >= 4 is 17.3 Å². The normalized spacial score (nSPS) is 22.8. The summed E-state index contributed by atoms with van der Waals surface area (Å²) in [6.07, 6.45) is 6.32. The third kappa shape index (κ3) is 3.62. The van der Waals surface area contributed by atoms with Gasteiger partial charge in [-0.3, -0.25) is 9.78 Å². The van der Waals surface area contributed by atoms with E-state index in [1.54, 1.807) is 12.4 Å². The number of rotatable bonds is 4. The van der Waals surface area contributed by atoms with Crippen LogP contribution >= 0.6 is 0 Å². The van der Waals surface area contributed by atoms with Gasteiger partial charge in [-0.15, -0.1) is 4.72 Å². The minimum absolute atomic E-state index is 0.157. The molecule has 0 radical (unpaired) electrons. The van der Waals surface area contributed by atoms with Crippen LogP contribution in [0.5, 0.6) is 0 Å². The molecular weight excluding hydrogens is 300 g/mol. The second-order valence-electron chi connectivity index (χ2n) is 6.70. The Labute approximate surface area is 135 Å².